The van der Waals surface area contributed by atoms with Gasteiger partial charge in [0.05, 0.1) is 22.0 Å². The minimum Gasteiger partial charge on any atom is -0.352 e. The third-order valence-corrected chi connectivity index (χ3v) is 6.54. The molecule has 4 rings (SSSR count). The molecule has 5 nitrogen and oxygen atoms in total. The van der Waals surface area contributed by atoms with E-state index in [1.54, 1.807) is 17.0 Å². The number of benzene rings is 2. The molecular weight excluding hydrogens is 471 g/mol. The molecule has 1 saturated heterocycles. The zero-order valence-corrected chi connectivity index (χ0v) is 19.3. The Balaban J connectivity index is 1.60. The summed E-state index contributed by atoms with van der Waals surface area (Å²) in [5, 5.41) is 2.90. The molecule has 1 aliphatic rings. The SMILES string of the molecule is Cn1cc(C(=O)N2CCC(c3ccc(F)cc3)CC2)c(Nc2cc(F)ccc2Cl)c(Cl)c1=O. The van der Waals surface area contributed by atoms with Crippen LogP contribution in [0.1, 0.15) is 34.7 Å². The van der Waals surface area contributed by atoms with Gasteiger partial charge in [0.2, 0.25) is 0 Å². The number of carbonyl (C=O) groups is 1. The quantitative estimate of drug-likeness (QED) is 0.506. The number of carbonyl (C=O) groups excluding carboxylic acids is 1. The van der Waals surface area contributed by atoms with Crippen molar-refractivity contribution in [1.29, 1.82) is 0 Å². The number of likely N-dealkylation sites (tertiary alicyclic amines) is 1. The second-order valence-electron chi connectivity index (χ2n) is 8.02. The lowest BCUT2D eigenvalue weighted by atomic mass is 9.89. The molecule has 0 radical (unpaired) electrons. The van der Waals surface area contributed by atoms with Crippen molar-refractivity contribution in [3.8, 4) is 0 Å². The second-order valence-corrected chi connectivity index (χ2v) is 8.80. The van der Waals surface area contributed by atoms with Crippen LogP contribution in [0.3, 0.4) is 0 Å². The van der Waals surface area contributed by atoms with Crippen LogP contribution in [0.2, 0.25) is 10.0 Å². The zero-order valence-electron chi connectivity index (χ0n) is 17.7. The zero-order chi connectivity index (χ0) is 23.7. The Labute approximate surface area is 199 Å². The van der Waals surface area contributed by atoms with Gasteiger partial charge in [-0.15, -0.1) is 0 Å². The fraction of sp³-hybridized carbons (Fsp3) is 0.250. The van der Waals surface area contributed by atoms with Crippen molar-refractivity contribution in [2.75, 3.05) is 18.4 Å². The molecule has 1 aromatic heterocycles. The fourth-order valence-electron chi connectivity index (χ4n) is 4.03. The first kappa shape index (κ1) is 23.3. The summed E-state index contributed by atoms with van der Waals surface area (Å²) in [7, 11) is 1.50. The van der Waals surface area contributed by atoms with Gasteiger partial charge in [0.15, 0.2) is 0 Å². The number of nitrogens with one attached hydrogen (secondary N) is 1. The topological polar surface area (TPSA) is 54.3 Å². The summed E-state index contributed by atoms with van der Waals surface area (Å²) in [6.45, 7) is 0.975. The van der Waals surface area contributed by atoms with Crippen LogP contribution < -0.4 is 10.9 Å². The highest BCUT2D eigenvalue weighted by molar-refractivity contribution is 6.35. The molecule has 0 saturated carbocycles. The van der Waals surface area contributed by atoms with E-state index < -0.39 is 11.4 Å². The van der Waals surface area contributed by atoms with Gasteiger partial charge in [0.25, 0.3) is 11.5 Å². The molecule has 2 heterocycles. The van der Waals surface area contributed by atoms with Gasteiger partial charge in [-0.2, -0.15) is 0 Å². The molecule has 2 aromatic carbocycles. The van der Waals surface area contributed by atoms with Gasteiger partial charge < -0.3 is 14.8 Å². The Morgan fingerprint density at radius 2 is 1.67 bits per heavy atom. The minimum absolute atomic E-state index is 0.0814. The molecule has 0 aliphatic carbocycles. The first-order valence-electron chi connectivity index (χ1n) is 10.4. The maximum Gasteiger partial charge on any atom is 0.271 e. The van der Waals surface area contributed by atoms with Crippen molar-refractivity contribution in [3.63, 3.8) is 0 Å². The third-order valence-electron chi connectivity index (χ3n) is 5.86. The predicted molar refractivity (Wildman–Crippen MR) is 126 cm³/mol. The number of hydrogen-bond donors (Lipinski definition) is 1. The average Bonchev–Trinajstić information content (AvgIpc) is 2.81. The van der Waals surface area contributed by atoms with Gasteiger partial charge in [-0.1, -0.05) is 35.3 Å². The number of hydrogen-bond acceptors (Lipinski definition) is 3. The largest absolute Gasteiger partial charge is 0.352 e. The van der Waals surface area contributed by atoms with E-state index in [0.29, 0.717) is 13.1 Å². The standard InChI is InChI=1S/C24H21Cl2F2N3O2/c1-30-13-18(22(21(26)24(30)33)29-20-12-17(28)6-7-19(20)25)23(32)31-10-8-15(9-11-31)14-2-4-16(27)5-3-14/h2-7,12-13,15,29H,8-11H2,1H3. The summed E-state index contributed by atoms with van der Waals surface area (Å²) in [4.78, 5) is 27.5. The highest BCUT2D eigenvalue weighted by Crippen LogP contribution is 2.33. The molecule has 172 valence electrons. The number of nitrogens with zero attached hydrogens (tertiary/aromatic N) is 2. The number of anilines is 2. The molecule has 1 aliphatic heterocycles. The van der Waals surface area contributed by atoms with Crippen LogP contribution in [0.4, 0.5) is 20.2 Å². The van der Waals surface area contributed by atoms with Crippen molar-refractivity contribution in [3.05, 3.63) is 91.8 Å². The van der Waals surface area contributed by atoms with E-state index in [1.165, 1.54) is 48.1 Å². The van der Waals surface area contributed by atoms with Crippen LogP contribution in [0, 0.1) is 11.6 Å². The lowest BCUT2D eigenvalue weighted by molar-refractivity contribution is 0.0713. The number of rotatable bonds is 4. The Bertz CT molecular complexity index is 1250. The molecule has 0 atom stereocenters. The summed E-state index contributed by atoms with van der Waals surface area (Å²) in [6.07, 6.45) is 2.85. The molecule has 0 bridgehead atoms. The smallest absolute Gasteiger partial charge is 0.271 e. The van der Waals surface area contributed by atoms with Gasteiger partial charge in [-0.05, 0) is 54.7 Å². The van der Waals surface area contributed by atoms with E-state index in [9.17, 15) is 18.4 Å². The Kier molecular flexibility index (Phi) is 6.72. The van der Waals surface area contributed by atoms with Crippen LogP contribution in [-0.2, 0) is 7.05 Å². The lowest BCUT2D eigenvalue weighted by Crippen LogP contribution is -2.39. The first-order valence-corrected chi connectivity index (χ1v) is 11.2. The number of aromatic nitrogens is 1. The van der Waals surface area contributed by atoms with E-state index in [-0.39, 0.29) is 44.6 Å². The van der Waals surface area contributed by atoms with Crippen molar-refractivity contribution < 1.29 is 13.6 Å². The van der Waals surface area contributed by atoms with Gasteiger partial charge in [-0.3, -0.25) is 9.59 Å². The number of halogens is 4. The first-order chi connectivity index (χ1) is 15.7. The summed E-state index contributed by atoms with van der Waals surface area (Å²) < 4.78 is 28.2. The van der Waals surface area contributed by atoms with E-state index in [2.05, 4.69) is 5.32 Å². The van der Waals surface area contributed by atoms with E-state index in [0.717, 1.165) is 18.4 Å². The Hall–Kier alpha value is -2.90. The highest BCUT2D eigenvalue weighted by atomic mass is 35.5. The Morgan fingerprint density at radius 1 is 1.03 bits per heavy atom. The summed E-state index contributed by atoms with van der Waals surface area (Å²) in [5.74, 6) is -0.892. The normalized spacial score (nSPS) is 14.4. The molecular formula is C24H21Cl2F2N3O2. The number of amides is 1. The summed E-state index contributed by atoms with van der Waals surface area (Å²) >= 11 is 12.5. The Morgan fingerprint density at radius 3 is 2.33 bits per heavy atom. The average molecular weight is 492 g/mol. The van der Waals surface area contributed by atoms with Gasteiger partial charge in [0, 0.05) is 26.3 Å². The van der Waals surface area contributed by atoms with Crippen LogP contribution in [0.5, 0.6) is 0 Å². The van der Waals surface area contributed by atoms with E-state index >= 15 is 0 Å². The van der Waals surface area contributed by atoms with E-state index in [4.69, 9.17) is 23.2 Å². The van der Waals surface area contributed by atoms with Crippen molar-refractivity contribution >= 4 is 40.5 Å². The molecule has 3 aromatic rings. The van der Waals surface area contributed by atoms with Gasteiger partial charge >= 0.3 is 0 Å². The van der Waals surface area contributed by atoms with Crippen LogP contribution in [-0.4, -0.2) is 28.5 Å². The summed E-state index contributed by atoms with van der Waals surface area (Å²) in [5.41, 5.74) is 0.992. The monoisotopic (exact) mass is 491 g/mol. The highest BCUT2D eigenvalue weighted by Gasteiger charge is 2.28. The molecule has 1 amide bonds. The molecule has 9 heteroatoms. The fourth-order valence-corrected chi connectivity index (χ4v) is 4.48. The molecule has 33 heavy (non-hydrogen) atoms. The third kappa shape index (κ3) is 4.89. The van der Waals surface area contributed by atoms with E-state index in [1.807, 2.05) is 0 Å². The predicted octanol–water partition coefficient (Wildman–Crippen LogP) is 5.73. The maximum atomic E-state index is 13.7. The number of aryl methyl sites for hydroxylation is 1. The van der Waals surface area contributed by atoms with Crippen LogP contribution >= 0.6 is 23.2 Å². The van der Waals surface area contributed by atoms with Crippen molar-refractivity contribution in [2.24, 2.45) is 7.05 Å². The maximum absolute atomic E-state index is 13.7. The minimum atomic E-state index is -0.530. The van der Waals surface area contributed by atoms with Crippen molar-refractivity contribution in [2.45, 2.75) is 18.8 Å². The lowest BCUT2D eigenvalue weighted by Gasteiger charge is -2.33. The number of piperidine rings is 1. The summed E-state index contributed by atoms with van der Waals surface area (Å²) in [6, 6.07) is 10.2. The number of pyridine rings is 1. The molecule has 0 unspecified atom stereocenters. The molecule has 0 spiro atoms. The van der Waals surface area contributed by atoms with Gasteiger partial charge in [0.1, 0.15) is 16.7 Å². The molecule has 1 fully saturated rings. The van der Waals surface area contributed by atoms with Crippen molar-refractivity contribution in [1.82, 2.24) is 9.47 Å². The second kappa shape index (κ2) is 9.53. The van der Waals surface area contributed by atoms with Crippen LogP contribution in [0.25, 0.3) is 0 Å². The van der Waals surface area contributed by atoms with Gasteiger partial charge in [-0.25, -0.2) is 8.78 Å². The van der Waals surface area contributed by atoms with Crippen LogP contribution in [0.15, 0.2) is 53.5 Å². The molecule has 1 N–H and O–H groups in total.